The van der Waals surface area contributed by atoms with Crippen LogP contribution < -0.4 is 0 Å². The van der Waals surface area contributed by atoms with Crippen LogP contribution >= 0.6 is 0 Å². The standard InChI is InChI=1S/C49H30N4/c1-2-13-33(14-3-1)47-50-48(36-25-24-32-23-22-31-12-6-7-17-37(31)42(32)29-36)52-49(51-47)41-26-27-45(39-19-9-8-18-38(39)41)53-44-21-11-10-20-40(44)43-28-34-15-4-5-16-35(34)30-46(43)53/h1-30H. The number of hydrogen-bond donors (Lipinski definition) is 0. The molecule has 0 atom stereocenters. The molecule has 0 aliphatic heterocycles. The summed E-state index contributed by atoms with van der Waals surface area (Å²) < 4.78 is 2.41. The van der Waals surface area contributed by atoms with Crippen LogP contribution in [-0.4, -0.2) is 19.5 Å². The molecule has 9 aromatic carbocycles. The minimum Gasteiger partial charge on any atom is -0.309 e. The maximum atomic E-state index is 5.23. The van der Waals surface area contributed by atoms with E-state index in [1.54, 1.807) is 0 Å². The van der Waals surface area contributed by atoms with Crippen molar-refractivity contribution in [2.24, 2.45) is 0 Å². The zero-order valence-electron chi connectivity index (χ0n) is 28.6. The summed E-state index contributed by atoms with van der Waals surface area (Å²) in [7, 11) is 0. The molecule has 0 bridgehead atoms. The Balaban J connectivity index is 1.15. The van der Waals surface area contributed by atoms with Crippen LogP contribution in [0.15, 0.2) is 182 Å². The topological polar surface area (TPSA) is 43.6 Å². The number of rotatable bonds is 4. The third-order valence-corrected chi connectivity index (χ3v) is 10.6. The van der Waals surface area contributed by atoms with Crippen LogP contribution in [0.25, 0.3) is 105 Å². The molecule has 0 spiro atoms. The van der Waals surface area contributed by atoms with E-state index in [9.17, 15) is 0 Å². The lowest BCUT2D eigenvalue weighted by Gasteiger charge is -2.15. The van der Waals surface area contributed by atoms with Gasteiger partial charge in [0.2, 0.25) is 0 Å². The molecule has 0 unspecified atom stereocenters. The van der Waals surface area contributed by atoms with Crippen molar-refractivity contribution in [1.82, 2.24) is 19.5 Å². The number of nitrogens with zero attached hydrogens (tertiary/aromatic N) is 4. The number of fused-ring (bicyclic) bond motifs is 8. The monoisotopic (exact) mass is 674 g/mol. The van der Waals surface area contributed by atoms with Gasteiger partial charge in [-0.05, 0) is 74.1 Å². The SMILES string of the molecule is c1ccc(-c2nc(-c3ccc4ccc5ccccc5c4c3)nc(-c3ccc(-n4c5ccccc5c5cc6ccccc6cc54)c4ccccc34)n2)cc1. The van der Waals surface area contributed by atoms with Crippen LogP contribution in [0.5, 0.6) is 0 Å². The van der Waals surface area contributed by atoms with Crippen LogP contribution in [0.4, 0.5) is 0 Å². The highest BCUT2D eigenvalue weighted by atomic mass is 15.0. The quantitative estimate of drug-likeness (QED) is 0.175. The average molecular weight is 675 g/mol. The van der Waals surface area contributed by atoms with Crippen LogP contribution in [0.2, 0.25) is 0 Å². The lowest BCUT2D eigenvalue weighted by molar-refractivity contribution is 1.08. The van der Waals surface area contributed by atoms with Crippen molar-refractivity contribution >= 4 is 64.9 Å². The van der Waals surface area contributed by atoms with E-state index in [2.05, 4.69) is 168 Å². The number of aromatic nitrogens is 4. The summed E-state index contributed by atoms with van der Waals surface area (Å²) in [5, 5.41) is 11.9. The zero-order valence-corrected chi connectivity index (χ0v) is 28.6. The highest BCUT2D eigenvalue weighted by molar-refractivity contribution is 6.15. The first kappa shape index (κ1) is 29.5. The Kier molecular flexibility index (Phi) is 6.52. The van der Waals surface area contributed by atoms with E-state index in [0.717, 1.165) is 33.2 Å². The van der Waals surface area contributed by atoms with Gasteiger partial charge in [0.15, 0.2) is 17.5 Å². The summed E-state index contributed by atoms with van der Waals surface area (Å²) in [6.07, 6.45) is 0. The minimum absolute atomic E-state index is 0.642. The third-order valence-electron chi connectivity index (χ3n) is 10.6. The summed E-state index contributed by atoms with van der Waals surface area (Å²) in [4.78, 5) is 15.5. The molecule has 2 aromatic heterocycles. The fourth-order valence-corrected chi connectivity index (χ4v) is 8.07. The van der Waals surface area contributed by atoms with Crippen molar-refractivity contribution in [3.63, 3.8) is 0 Å². The molecule has 2 heterocycles. The van der Waals surface area contributed by atoms with Crippen LogP contribution in [0.1, 0.15) is 0 Å². The Morgan fingerprint density at radius 3 is 1.70 bits per heavy atom. The normalized spacial score (nSPS) is 11.8. The number of hydrogen-bond acceptors (Lipinski definition) is 3. The lowest BCUT2D eigenvalue weighted by atomic mass is 9.99. The van der Waals surface area contributed by atoms with Crippen molar-refractivity contribution in [3.8, 4) is 39.9 Å². The molecular weight excluding hydrogens is 645 g/mol. The van der Waals surface area contributed by atoms with Gasteiger partial charge in [-0.3, -0.25) is 0 Å². The molecule has 4 heteroatoms. The fraction of sp³-hybridized carbons (Fsp3) is 0. The highest BCUT2D eigenvalue weighted by Gasteiger charge is 2.19. The van der Waals surface area contributed by atoms with Gasteiger partial charge >= 0.3 is 0 Å². The molecule has 0 amide bonds. The van der Waals surface area contributed by atoms with Gasteiger partial charge in [-0.25, -0.2) is 15.0 Å². The largest absolute Gasteiger partial charge is 0.309 e. The van der Waals surface area contributed by atoms with E-state index in [0.29, 0.717) is 17.5 Å². The molecule has 11 aromatic rings. The third kappa shape index (κ3) is 4.73. The number of para-hydroxylation sites is 1. The van der Waals surface area contributed by atoms with Crippen molar-refractivity contribution < 1.29 is 0 Å². The first-order chi connectivity index (χ1) is 26.3. The molecule has 4 nitrogen and oxygen atoms in total. The van der Waals surface area contributed by atoms with Crippen LogP contribution in [-0.2, 0) is 0 Å². The van der Waals surface area contributed by atoms with Gasteiger partial charge in [0, 0.05) is 32.8 Å². The van der Waals surface area contributed by atoms with Gasteiger partial charge in [0.1, 0.15) is 0 Å². The van der Waals surface area contributed by atoms with Crippen molar-refractivity contribution in [2.45, 2.75) is 0 Å². The molecule has 0 radical (unpaired) electrons. The Morgan fingerprint density at radius 2 is 0.887 bits per heavy atom. The predicted molar refractivity (Wildman–Crippen MR) is 220 cm³/mol. The molecule has 0 fully saturated rings. The fourth-order valence-electron chi connectivity index (χ4n) is 8.07. The van der Waals surface area contributed by atoms with Crippen LogP contribution in [0, 0.1) is 0 Å². The van der Waals surface area contributed by atoms with Gasteiger partial charge < -0.3 is 4.57 Å². The van der Waals surface area contributed by atoms with E-state index in [1.165, 1.54) is 54.1 Å². The second-order valence-corrected chi connectivity index (χ2v) is 13.6. The molecule has 11 rings (SSSR count). The Labute approximate surface area is 305 Å². The predicted octanol–water partition coefficient (Wildman–Crippen LogP) is 12.6. The van der Waals surface area contributed by atoms with E-state index in [1.807, 2.05) is 18.2 Å². The van der Waals surface area contributed by atoms with Crippen molar-refractivity contribution in [2.75, 3.05) is 0 Å². The van der Waals surface area contributed by atoms with E-state index >= 15 is 0 Å². The zero-order chi connectivity index (χ0) is 34.9. The van der Waals surface area contributed by atoms with Gasteiger partial charge in [-0.2, -0.15) is 0 Å². The highest BCUT2D eigenvalue weighted by Crippen LogP contribution is 2.39. The van der Waals surface area contributed by atoms with E-state index in [4.69, 9.17) is 15.0 Å². The molecule has 0 N–H and O–H groups in total. The van der Waals surface area contributed by atoms with Gasteiger partial charge in [-0.1, -0.05) is 146 Å². The van der Waals surface area contributed by atoms with Crippen molar-refractivity contribution in [3.05, 3.63) is 182 Å². The molecule has 0 aliphatic rings. The van der Waals surface area contributed by atoms with E-state index < -0.39 is 0 Å². The maximum absolute atomic E-state index is 5.23. The first-order valence-corrected chi connectivity index (χ1v) is 17.9. The Hall–Kier alpha value is -7.17. The Bertz CT molecular complexity index is 3230. The maximum Gasteiger partial charge on any atom is 0.164 e. The molecule has 0 saturated carbocycles. The smallest absolute Gasteiger partial charge is 0.164 e. The summed E-state index contributed by atoms with van der Waals surface area (Å²) in [6, 6.07) is 64.6. The average Bonchev–Trinajstić information content (AvgIpc) is 3.55. The van der Waals surface area contributed by atoms with Crippen molar-refractivity contribution in [1.29, 1.82) is 0 Å². The molecule has 0 aliphatic carbocycles. The lowest BCUT2D eigenvalue weighted by Crippen LogP contribution is -2.02. The molecule has 53 heavy (non-hydrogen) atoms. The minimum atomic E-state index is 0.642. The van der Waals surface area contributed by atoms with Gasteiger partial charge in [0.05, 0.1) is 16.7 Å². The molecule has 0 saturated heterocycles. The van der Waals surface area contributed by atoms with Gasteiger partial charge in [0.25, 0.3) is 0 Å². The second-order valence-electron chi connectivity index (χ2n) is 13.6. The summed E-state index contributed by atoms with van der Waals surface area (Å²) in [6.45, 7) is 0. The summed E-state index contributed by atoms with van der Waals surface area (Å²) in [5.41, 5.74) is 6.33. The Morgan fingerprint density at radius 1 is 0.302 bits per heavy atom. The second kappa shape index (κ2) is 11.7. The summed E-state index contributed by atoms with van der Waals surface area (Å²) >= 11 is 0. The molecular formula is C49H30N4. The van der Waals surface area contributed by atoms with E-state index in [-0.39, 0.29) is 0 Å². The van der Waals surface area contributed by atoms with Crippen LogP contribution in [0.3, 0.4) is 0 Å². The van der Waals surface area contributed by atoms with Gasteiger partial charge in [-0.15, -0.1) is 0 Å². The summed E-state index contributed by atoms with van der Waals surface area (Å²) in [5.74, 6) is 1.93. The molecule has 246 valence electrons. The number of benzene rings is 9. The first-order valence-electron chi connectivity index (χ1n) is 17.9.